The summed E-state index contributed by atoms with van der Waals surface area (Å²) in [5.41, 5.74) is -0.599. The molecule has 2 rings (SSSR count). The quantitative estimate of drug-likeness (QED) is 0.762. The van der Waals surface area contributed by atoms with Gasteiger partial charge in [0.25, 0.3) is 0 Å². The lowest BCUT2D eigenvalue weighted by molar-refractivity contribution is -0.140. The van der Waals surface area contributed by atoms with Crippen molar-refractivity contribution in [3.05, 3.63) is 0 Å². The second-order valence-electron chi connectivity index (χ2n) is 6.43. The number of carbonyl (C=O) groups excluding carboxylic acids is 3. The Kier molecular flexibility index (Phi) is 4.39. The van der Waals surface area contributed by atoms with Gasteiger partial charge in [-0.15, -0.1) is 0 Å². The first-order chi connectivity index (χ1) is 9.78. The van der Waals surface area contributed by atoms with Crippen molar-refractivity contribution in [1.82, 2.24) is 15.1 Å². The normalized spacial score (nSPS) is 21.2. The van der Waals surface area contributed by atoms with Crippen molar-refractivity contribution >= 4 is 17.9 Å². The number of alkyl carbamates (subject to hydrolysis) is 1. The van der Waals surface area contributed by atoms with E-state index in [-0.39, 0.29) is 24.4 Å². The number of ether oxygens (including phenoxy) is 1. The molecule has 2 heterocycles. The summed E-state index contributed by atoms with van der Waals surface area (Å²) in [5, 5.41) is 2.44. The smallest absolute Gasteiger partial charge is 0.408 e. The number of hydrogen-bond donors (Lipinski definition) is 1. The fourth-order valence-corrected chi connectivity index (χ4v) is 2.37. The summed E-state index contributed by atoms with van der Waals surface area (Å²) < 4.78 is 5.08. The molecule has 2 saturated heterocycles. The van der Waals surface area contributed by atoms with Crippen molar-refractivity contribution in [2.24, 2.45) is 0 Å². The molecule has 0 aromatic carbocycles. The predicted octanol–water partition coefficient (Wildman–Crippen LogP) is 0.344. The molecule has 2 aliphatic heterocycles. The van der Waals surface area contributed by atoms with Crippen LogP contribution in [0.2, 0.25) is 0 Å². The molecule has 2 fully saturated rings. The van der Waals surface area contributed by atoms with E-state index in [1.54, 1.807) is 30.6 Å². The van der Waals surface area contributed by atoms with Crippen molar-refractivity contribution in [1.29, 1.82) is 0 Å². The third-order valence-electron chi connectivity index (χ3n) is 3.40. The molecule has 0 bridgehead atoms. The highest BCUT2D eigenvalue weighted by Gasteiger charge is 2.39. The van der Waals surface area contributed by atoms with Gasteiger partial charge in [0.2, 0.25) is 11.8 Å². The number of nitrogens with zero attached hydrogens (tertiary/aromatic N) is 2. The Hall–Kier alpha value is -1.79. The van der Waals surface area contributed by atoms with Gasteiger partial charge in [-0.25, -0.2) is 4.79 Å². The van der Waals surface area contributed by atoms with E-state index in [4.69, 9.17) is 4.74 Å². The maximum atomic E-state index is 12.2. The molecule has 118 valence electrons. The van der Waals surface area contributed by atoms with Crippen molar-refractivity contribution < 1.29 is 19.1 Å². The minimum atomic E-state index is -0.621. The summed E-state index contributed by atoms with van der Waals surface area (Å²) >= 11 is 0. The van der Waals surface area contributed by atoms with E-state index in [2.05, 4.69) is 5.32 Å². The third kappa shape index (κ3) is 4.34. The molecule has 2 aliphatic rings. The SMILES string of the molecule is CC(C)(C)OC(=O)NCC(=O)N1CCC[C@H]1C(=O)N1CC1. The lowest BCUT2D eigenvalue weighted by atomic mass is 10.2. The van der Waals surface area contributed by atoms with Crippen LogP contribution in [0.15, 0.2) is 0 Å². The van der Waals surface area contributed by atoms with Gasteiger partial charge < -0.3 is 19.9 Å². The van der Waals surface area contributed by atoms with Gasteiger partial charge in [0.1, 0.15) is 18.2 Å². The van der Waals surface area contributed by atoms with Crippen LogP contribution in [0.4, 0.5) is 4.79 Å². The molecule has 0 unspecified atom stereocenters. The van der Waals surface area contributed by atoms with Crippen LogP contribution >= 0.6 is 0 Å². The lowest BCUT2D eigenvalue weighted by Crippen LogP contribution is -2.47. The van der Waals surface area contributed by atoms with Crippen LogP contribution < -0.4 is 5.32 Å². The summed E-state index contributed by atoms with van der Waals surface area (Å²) in [7, 11) is 0. The van der Waals surface area contributed by atoms with Crippen LogP contribution in [0.25, 0.3) is 0 Å². The first-order valence-corrected chi connectivity index (χ1v) is 7.33. The van der Waals surface area contributed by atoms with E-state index in [0.29, 0.717) is 13.0 Å². The van der Waals surface area contributed by atoms with Crippen LogP contribution in [-0.4, -0.2) is 65.5 Å². The number of amides is 3. The molecule has 7 nitrogen and oxygen atoms in total. The summed E-state index contributed by atoms with van der Waals surface area (Å²) in [6.07, 6.45) is 0.902. The van der Waals surface area contributed by atoms with Crippen LogP contribution in [-0.2, 0) is 14.3 Å². The number of hydrogen-bond acceptors (Lipinski definition) is 4. The summed E-state index contributed by atoms with van der Waals surface area (Å²) in [4.78, 5) is 39.1. The van der Waals surface area contributed by atoms with E-state index >= 15 is 0 Å². The maximum absolute atomic E-state index is 12.2. The summed E-state index contributed by atoms with van der Waals surface area (Å²) in [6, 6.07) is -0.361. The van der Waals surface area contributed by atoms with Gasteiger partial charge in [0, 0.05) is 19.6 Å². The number of rotatable bonds is 3. The van der Waals surface area contributed by atoms with Crippen LogP contribution in [0.3, 0.4) is 0 Å². The minimum absolute atomic E-state index is 0.0260. The Labute approximate surface area is 124 Å². The fraction of sp³-hybridized carbons (Fsp3) is 0.786. The van der Waals surface area contributed by atoms with Crippen molar-refractivity contribution in [3.63, 3.8) is 0 Å². The molecule has 0 radical (unpaired) electrons. The van der Waals surface area contributed by atoms with Crippen molar-refractivity contribution in [3.8, 4) is 0 Å². The predicted molar refractivity (Wildman–Crippen MR) is 75.6 cm³/mol. The number of likely N-dealkylation sites (tertiary alicyclic amines) is 1. The second-order valence-corrected chi connectivity index (χ2v) is 6.43. The Morgan fingerprint density at radius 1 is 1.19 bits per heavy atom. The zero-order valence-corrected chi connectivity index (χ0v) is 12.8. The molecule has 21 heavy (non-hydrogen) atoms. The van der Waals surface area contributed by atoms with E-state index in [0.717, 1.165) is 19.5 Å². The Bertz CT molecular complexity index is 440. The molecular weight excluding hydrogens is 274 g/mol. The molecule has 7 heteroatoms. The molecule has 0 aromatic heterocycles. The standard InChI is InChI=1S/C14H23N3O4/c1-14(2,3)21-13(20)15-9-11(18)17-6-4-5-10(17)12(19)16-7-8-16/h10H,4-9H2,1-3H3,(H,15,20)/t10-/m0/s1. The minimum Gasteiger partial charge on any atom is -0.444 e. The lowest BCUT2D eigenvalue weighted by Gasteiger charge is -2.24. The average molecular weight is 297 g/mol. The molecule has 0 saturated carbocycles. The van der Waals surface area contributed by atoms with Gasteiger partial charge in [0.05, 0.1) is 0 Å². The fourth-order valence-electron chi connectivity index (χ4n) is 2.37. The van der Waals surface area contributed by atoms with Crippen LogP contribution in [0, 0.1) is 0 Å². The largest absolute Gasteiger partial charge is 0.444 e. The topological polar surface area (TPSA) is 78.7 Å². The highest BCUT2D eigenvalue weighted by atomic mass is 16.6. The molecule has 0 aliphatic carbocycles. The van der Waals surface area contributed by atoms with Crippen molar-refractivity contribution in [2.45, 2.75) is 45.3 Å². The second kappa shape index (κ2) is 5.91. The monoisotopic (exact) mass is 297 g/mol. The van der Waals surface area contributed by atoms with Gasteiger partial charge in [-0.2, -0.15) is 0 Å². The zero-order valence-electron chi connectivity index (χ0n) is 12.8. The summed E-state index contributed by atoms with van der Waals surface area (Å²) in [5.74, 6) is -0.211. The highest BCUT2D eigenvalue weighted by Crippen LogP contribution is 2.21. The van der Waals surface area contributed by atoms with E-state index in [9.17, 15) is 14.4 Å². The van der Waals surface area contributed by atoms with Crippen LogP contribution in [0.5, 0.6) is 0 Å². The Morgan fingerprint density at radius 2 is 1.86 bits per heavy atom. The Morgan fingerprint density at radius 3 is 2.43 bits per heavy atom. The van der Waals surface area contributed by atoms with Gasteiger partial charge in [-0.05, 0) is 33.6 Å². The Balaban J connectivity index is 1.82. The van der Waals surface area contributed by atoms with E-state index in [1.165, 1.54) is 0 Å². The third-order valence-corrected chi connectivity index (χ3v) is 3.40. The molecule has 1 atom stereocenters. The molecule has 0 aromatic rings. The van der Waals surface area contributed by atoms with Crippen LogP contribution in [0.1, 0.15) is 33.6 Å². The first-order valence-electron chi connectivity index (χ1n) is 7.33. The molecule has 1 N–H and O–H groups in total. The van der Waals surface area contributed by atoms with Gasteiger partial charge in [0.15, 0.2) is 0 Å². The number of nitrogens with one attached hydrogen (secondary N) is 1. The van der Waals surface area contributed by atoms with Gasteiger partial charge in [-0.3, -0.25) is 9.59 Å². The molecule has 3 amide bonds. The first kappa shape index (κ1) is 15.6. The highest BCUT2D eigenvalue weighted by molar-refractivity contribution is 5.90. The zero-order chi connectivity index (χ0) is 15.6. The van der Waals surface area contributed by atoms with E-state index in [1.807, 2.05) is 0 Å². The molecule has 0 spiro atoms. The van der Waals surface area contributed by atoms with Crippen molar-refractivity contribution in [2.75, 3.05) is 26.2 Å². The molecular formula is C14H23N3O4. The van der Waals surface area contributed by atoms with Gasteiger partial charge in [-0.1, -0.05) is 0 Å². The van der Waals surface area contributed by atoms with Gasteiger partial charge >= 0.3 is 6.09 Å². The maximum Gasteiger partial charge on any atom is 0.408 e. The van der Waals surface area contributed by atoms with E-state index < -0.39 is 11.7 Å². The average Bonchev–Trinajstić information content (AvgIpc) is 3.10. The number of carbonyl (C=O) groups is 3. The summed E-state index contributed by atoms with van der Waals surface area (Å²) in [6.45, 7) is 7.27.